The normalized spacial score (nSPS) is 34.0. The molecule has 0 bridgehead atoms. The summed E-state index contributed by atoms with van der Waals surface area (Å²) in [6, 6.07) is 0.484. The topological polar surface area (TPSA) is 3.24 Å². The van der Waals surface area contributed by atoms with E-state index in [1.54, 1.807) is 0 Å². The van der Waals surface area contributed by atoms with Gasteiger partial charge >= 0.3 is 0 Å². The molecule has 2 rings (SSSR count). The molecule has 1 heterocycles. The molecule has 0 spiro atoms. The van der Waals surface area contributed by atoms with Crippen LogP contribution in [0.3, 0.4) is 0 Å². The van der Waals surface area contributed by atoms with Gasteiger partial charge in [0.15, 0.2) is 0 Å². The highest BCUT2D eigenvalue weighted by atomic mass is 15.2. The molecule has 2 unspecified atom stereocenters. The molecule has 0 amide bonds. The molecule has 1 saturated heterocycles. The number of allylic oxidation sites excluding steroid dienone is 2. The average Bonchev–Trinajstić information content (AvgIpc) is 2.47. The van der Waals surface area contributed by atoms with Crippen LogP contribution in [0, 0.1) is 12.5 Å². The number of hydrogen-bond donors (Lipinski definition) is 0. The summed E-state index contributed by atoms with van der Waals surface area (Å²) in [6.45, 7) is 7.00. The molecule has 0 aromatic rings. The lowest BCUT2D eigenvalue weighted by Gasteiger charge is -2.22. The average molecular weight is 145 g/mol. The van der Waals surface area contributed by atoms with E-state index in [1.165, 1.54) is 0 Å². The minimum absolute atomic E-state index is 0.484. The fourth-order valence-electron chi connectivity index (χ4n) is 1.63. The van der Waals surface area contributed by atoms with Crippen LogP contribution in [0.25, 0.3) is 0 Å². The number of rotatable bonds is 1. The van der Waals surface area contributed by atoms with Crippen molar-refractivity contribution in [2.45, 2.75) is 12.5 Å². The minimum Gasteiger partial charge on any atom is -0.360 e. The summed E-state index contributed by atoms with van der Waals surface area (Å²) >= 11 is 0. The highest BCUT2D eigenvalue weighted by molar-refractivity contribution is 5.22. The lowest BCUT2D eigenvalue weighted by atomic mass is 9.96. The van der Waals surface area contributed by atoms with Crippen molar-refractivity contribution < 1.29 is 0 Å². The zero-order valence-corrected chi connectivity index (χ0v) is 6.40. The Kier molecular flexibility index (Phi) is 1.57. The van der Waals surface area contributed by atoms with Crippen LogP contribution in [-0.4, -0.2) is 10.9 Å². The van der Waals surface area contributed by atoms with E-state index in [2.05, 4.69) is 42.3 Å². The van der Waals surface area contributed by atoms with Crippen molar-refractivity contribution in [1.29, 1.82) is 0 Å². The van der Waals surface area contributed by atoms with E-state index in [1.807, 2.05) is 6.20 Å². The molecule has 0 N–H and O–H groups in total. The summed E-state index contributed by atoms with van der Waals surface area (Å²) in [7, 11) is 0. The van der Waals surface area contributed by atoms with Gasteiger partial charge in [-0.2, -0.15) is 0 Å². The zero-order valence-electron chi connectivity index (χ0n) is 6.40. The Bertz CT molecular complexity index is 209. The molecule has 1 aliphatic carbocycles. The van der Waals surface area contributed by atoms with Gasteiger partial charge in [-0.3, -0.25) is 0 Å². The van der Waals surface area contributed by atoms with Crippen LogP contribution in [0.1, 0.15) is 6.42 Å². The van der Waals surface area contributed by atoms with E-state index < -0.39 is 0 Å². The second-order valence-electron chi connectivity index (χ2n) is 2.88. The summed E-state index contributed by atoms with van der Waals surface area (Å²) < 4.78 is 0. The second kappa shape index (κ2) is 2.57. The van der Waals surface area contributed by atoms with E-state index in [9.17, 15) is 0 Å². The smallest absolute Gasteiger partial charge is 0.0919 e. The number of fused-ring (bicyclic) bond motifs is 1. The van der Waals surface area contributed by atoms with Gasteiger partial charge in [0, 0.05) is 5.92 Å². The van der Waals surface area contributed by atoms with Crippen LogP contribution in [0.4, 0.5) is 0 Å². The summed E-state index contributed by atoms with van der Waals surface area (Å²) in [6.07, 6.45) is 11.5. The van der Waals surface area contributed by atoms with Crippen LogP contribution in [0.2, 0.25) is 0 Å². The third-order valence-electron chi connectivity index (χ3n) is 2.24. The van der Waals surface area contributed by atoms with Crippen molar-refractivity contribution in [2.75, 3.05) is 0 Å². The summed E-state index contributed by atoms with van der Waals surface area (Å²) in [5, 5.41) is 0. The van der Waals surface area contributed by atoms with Gasteiger partial charge in [-0.05, 0) is 12.6 Å². The summed E-state index contributed by atoms with van der Waals surface area (Å²) in [5.41, 5.74) is 0. The van der Waals surface area contributed by atoms with Gasteiger partial charge < -0.3 is 4.90 Å². The third-order valence-corrected chi connectivity index (χ3v) is 2.24. The molecule has 1 nitrogen and oxygen atoms in total. The quantitative estimate of drug-likeness (QED) is 0.545. The van der Waals surface area contributed by atoms with Crippen molar-refractivity contribution in [2.24, 2.45) is 5.92 Å². The monoisotopic (exact) mass is 145 g/mol. The number of likely N-dealkylation sites (tertiary alicyclic amines) is 1. The Labute approximate surface area is 67.7 Å². The van der Waals surface area contributed by atoms with E-state index >= 15 is 0 Å². The van der Waals surface area contributed by atoms with Crippen LogP contribution in [0.15, 0.2) is 37.1 Å². The molecule has 2 aliphatic rings. The molecule has 1 fully saturated rings. The maximum absolute atomic E-state index is 3.74. The summed E-state index contributed by atoms with van der Waals surface area (Å²) in [5.74, 6) is 0.623. The van der Waals surface area contributed by atoms with Gasteiger partial charge in [-0.1, -0.05) is 30.9 Å². The minimum atomic E-state index is 0.484. The molecule has 1 aliphatic heterocycles. The fraction of sp³-hybridized carbons (Fsp3) is 0.300. The molecule has 0 aromatic carbocycles. The highest BCUT2D eigenvalue weighted by Crippen LogP contribution is 2.31. The first-order chi connectivity index (χ1) is 5.42. The van der Waals surface area contributed by atoms with Gasteiger partial charge in [0.25, 0.3) is 0 Å². The maximum atomic E-state index is 3.74. The van der Waals surface area contributed by atoms with Crippen LogP contribution in [-0.2, 0) is 0 Å². The van der Waals surface area contributed by atoms with Crippen molar-refractivity contribution in [3.63, 3.8) is 0 Å². The predicted molar refractivity (Wildman–Crippen MR) is 45.5 cm³/mol. The largest absolute Gasteiger partial charge is 0.360 e. The van der Waals surface area contributed by atoms with Crippen LogP contribution < -0.4 is 0 Å². The fourth-order valence-corrected chi connectivity index (χ4v) is 1.63. The van der Waals surface area contributed by atoms with Crippen molar-refractivity contribution in [3.05, 3.63) is 43.6 Å². The van der Waals surface area contributed by atoms with Crippen LogP contribution in [0.5, 0.6) is 0 Å². The van der Waals surface area contributed by atoms with Crippen LogP contribution >= 0.6 is 0 Å². The van der Waals surface area contributed by atoms with E-state index in [0.717, 1.165) is 6.42 Å². The first-order valence-corrected chi connectivity index (χ1v) is 3.91. The van der Waals surface area contributed by atoms with Crippen molar-refractivity contribution in [1.82, 2.24) is 4.90 Å². The van der Waals surface area contributed by atoms with Crippen molar-refractivity contribution >= 4 is 0 Å². The summed E-state index contributed by atoms with van der Waals surface area (Å²) in [4.78, 5) is 2.06. The van der Waals surface area contributed by atoms with Gasteiger partial charge in [0.2, 0.25) is 0 Å². The molecule has 0 aromatic heterocycles. The van der Waals surface area contributed by atoms with E-state index in [-0.39, 0.29) is 0 Å². The lowest BCUT2D eigenvalue weighted by molar-refractivity contribution is 0.412. The molecule has 1 heteroatoms. The second-order valence-corrected chi connectivity index (χ2v) is 2.88. The Balaban J connectivity index is 2.18. The van der Waals surface area contributed by atoms with E-state index in [0.29, 0.717) is 12.0 Å². The standard InChI is InChI=1S/C10H11N/c1-2-11-8-7-9-5-3-4-6-10(9)11/h2-6,9-10H,1,7H2. The SMILES string of the molecule is C=CN1[C]CC2C=CC=CC21. The molecular formula is C10H11N. The van der Waals surface area contributed by atoms with Gasteiger partial charge in [0.1, 0.15) is 0 Å². The predicted octanol–water partition coefficient (Wildman–Crippen LogP) is 1.99. The van der Waals surface area contributed by atoms with Crippen molar-refractivity contribution in [3.8, 4) is 0 Å². The highest BCUT2D eigenvalue weighted by Gasteiger charge is 2.29. The number of hydrogen-bond acceptors (Lipinski definition) is 1. The number of nitrogens with zero attached hydrogens (tertiary/aromatic N) is 1. The Morgan fingerprint density at radius 3 is 3.09 bits per heavy atom. The first-order valence-electron chi connectivity index (χ1n) is 3.91. The van der Waals surface area contributed by atoms with E-state index in [4.69, 9.17) is 0 Å². The zero-order chi connectivity index (χ0) is 7.68. The molecule has 56 valence electrons. The first kappa shape index (κ1) is 6.71. The van der Waals surface area contributed by atoms with Gasteiger partial charge in [-0.25, -0.2) is 0 Å². The lowest BCUT2D eigenvalue weighted by Crippen LogP contribution is -2.24. The Morgan fingerprint density at radius 1 is 1.45 bits per heavy atom. The molecule has 2 atom stereocenters. The molecular weight excluding hydrogens is 134 g/mol. The Hall–Kier alpha value is -0.980. The van der Waals surface area contributed by atoms with Gasteiger partial charge in [-0.15, -0.1) is 0 Å². The molecule has 2 radical (unpaired) electrons. The third kappa shape index (κ3) is 1.01. The molecule has 0 saturated carbocycles. The van der Waals surface area contributed by atoms with Gasteiger partial charge in [0.05, 0.1) is 12.6 Å². The maximum Gasteiger partial charge on any atom is 0.0919 e. The molecule has 11 heavy (non-hydrogen) atoms. The Morgan fingerprint density at radius 2 is 2.27 bits per heavy atom.